The summed E-state index contributed by atoms with van der Waals surface area (Å²) in [6, 6.07) is 9.48. The number of para-hydroxylation sites is 1. The fraction of sp³-hybridized carbons (Fsp3) is 0.240. The molecule has 1 aromatic carbocycles. The fourth-order valence-electron chi connectivity index (χ4n) is 4.19. The SMILES string of the molecule is Cc1ccccc1-n1c(Cn2nc(C#CC3CC3)c3c(N)ccnc32)nc2cnn(C)c2c1=O. The van der Waals surface area contributed by atoms with Crippen molar-refractivity contribution in [1.29, 1.82) is 0 Å². The van der Waals surface area contributed by atoms with Crippen molar-refractivity contribution in [2.24, 2.45) is 13.0 Å². The molecule has 6 rings (SSSR count). The molecule has 2 N–H and O–H groups in total. The number of nitrogens with zero attached hydrogens (tertiary/aromatic N) is 7. The maximum absolute atomic E-state index is 13.7. The lowest BCUT2D eigenvalue weighted by atomic mass is 10.2. The lowest BCUT2D eigenvalue weighted by molar-refractivity contribution is 0.646. The van der Waals surface area contributed by atoms with E-state index in [1.165, 1.54) is 0 Å². The first kappa shape index (κ1) is 20.2. The number of rotatable bonds is 3. The molecule has 1 saturated carbocycles. The summed E-state index contributed by atoms with van der Waals surface area (Å²) in [5, 5.41) is 9.71. The minimum atomic E-state index is -0.188. The van der Waals surface area contributed by atoms with E-state index in [1.54, 1.807) is 39.4 Å². The number of hydrogen-bond donors (Lipinski definition) is 1. The number of pyridine rings is 1. The van der Waals surface area contributed by atoms with Gasteiger partial charge in [-0.05, 0) is 43.4 Å². The van der Waals surface area contributed by atoms with E-state index < -0.39 is 0 Å². The molecule has 9 nitrogen and oxygen atoms in total. The highest BCUT2D eigenvalue weighted by Gasteiger charge is 2.21. The number of fused-ring (bicyclic) bond motifs is 2. The van der Waals surface area contributed by atoms with Crippen LogP contribution in [0.1, 0.15) is 29.9 Å². The predicted molar refractivity (Wildman–Crippen MR) is 129 cm³/mol. The molecule has 0 aliphatic heterocycles. The number of benzene rings is 1. The molecule has 1 aliphatic rings. The van der Waals surface area contributed by atoms with Crippen LogP contribution in [-0.4, -0.2) is 34.1 Å². The van der Waals surface area contributed by atoms with E-state index >= 15 is 0 Å². The average Bonchev–Trinajstić information content (AvgIpc) is 3.48. The summed E-state index contributed by atoms with van der Waals surface area (Å²) in [5.41, 5.74) is 10.6. The highest BCUT2D eigenvalue weighted by Crippen LogP contribution is 2.29. The van der Waals surface area contributed by atoms with Crippen LogP contribution >= 0.6 is 0 Å². The van der Waals surface area contributed by atoms with Gasteiger partial charge >= 0.3 is 0 Å². The van der Waals surface area contributed by atoms with Crippen LogP contribution in [0.2, 0.25) is 0 Å². The molecule has 4 heterocycles. The van der Waals surface area contributed by atoms with Crippen LogP contribution < -0.4 is 11.3 Å². The first-order chi connectivity index (χ1) is 16.5. The Morgan fingerprint density at radius 3 is 2.82 bits per heavy atom. The molecule has 0 radical (unpaired) electrons. The minimum absolute atomic E-state index is 0.188. The van der Waals surface area contributed by atoms with Gasteiger partial charge in [-0.25, -0.2) is 14.6 Å². The van der Waals surface area contributed by atoms with Gasteiger partial charge in [0, 0.05) is 24.8 Å². The summed E-state index contributed by atoms with van der Waals surface area (Å²) in [7, 11) is 1.74. The number of aromatic nitrogens is 7. The van der Waals surface area contributed by atoms with Crippen LogP contribution in [0.3, 0.4) is 0 Å². The highest BCUT2D eigenvalue weighted by molar-refractivity contribution is 5.92. The molecule has 1 aliphatic carbocycles. The Hall–Kier alpha value is -4.45. The van der Waals surface area contributed by atoms with E-state index in [1.807, 2.05) is 31.2 Å². The number of nitrogen functional groups attached to an aromatic ring is 1. The van der Waals surface area contributed by atoms with E-state index in [-0.39, 0.29) is 12.1 Å². The summed E-state index contributed by atoms with van der Waals surface area (Å²) >= 11 is 0. The smallest absolute Gasteiger partial charge is 0.284 e. The molecule has 0 spiro atoms. The van der Waals surface area contributed by atoms with Gasteiger partial charge in [0.2, 0.25) is 0 Å². The second-order valence-corrected chi connectivity index (χ2v) is 8.61. The summed E-state index contributed by atoms with van der Waals surface area (Å²) in [6.45, 7) is 2.18. The van der Waals surface area contributed by atoms with Crippen molar-refractivity contribution in [3.63, 3.8) is 0 Å². The molecule has 0 bridgehead atoms. The Bertz CT molecular complexity index is 1710. The van der Waals surface area contributed by atoms with E-state index in [9.17, 15) is 4.79 Å². The Morgan fingerprint density at radius 2 is 2.03 bits per heavy atom. The van der Waals surface area contributed by atoms with Gasteiger partial charge in [-0.1, -0.05) is 24.1 Å². The maximum atomic E-state index is 13.7. The van der Waals surface area contributed by atoms with Crippen molar-refractivity contribution in [1.82, 2.24) is 34.1 Å². The molecule has 1 fully saturated rings. The van der Waals surface area contributed by atoms with E-state index in [4.69, 9.17) is 15.8 Å². The molecular formula is C25H22N8O. The molecular weight excluding hydrogens is 428 g/mol. The summed E-state index contributed by atoms with van der Waals surface area (Å²) in [5.74, 6) is 7.40. The van der Waals surface area contributed by atoms with Crippen LogP contribution in [0.5, 0.6) is 0 Å². The molecule has 0 saturated heterocycles. The molecule has 0 unspecified atom stereocenters. The van der Waals surface area contributed by atoms with Gasteiger partial charge in [0.25, 0.3) is 5.56 Å². The number of anilines is 1. The fourth-order valence-corrected chi connectivity index (χ4v) is 4.19. The average molecular weight is 451 g/mol. The minimum Gasteiger partial charge on any atom is -0.398 e. The van der Waals surface area contributed by atoms with Gasteiger partial charge in [-0.3, -0.25) is 14.0 Å². The third kappa shape index (κ3) is 3.23. The molecule has 9 heteroatoms. The number of nitrogens with two attached hydrogens (primary N) is 1. The Labute approximate surface area is 194 Å². The van der Waals surface area contributed by atoms with Crippen molar-refractivity contribution in [2.75, 3.05) is 5.73 Å². The Morgan fingerprint density at radius 1 is 1.21 bits per heavy atom. The topological polar surface area (TPSA) is 109 Å². The van der Waals surface area contributed by atoms with Crippen molar-refractivity contribution in [3.8, 4) is 17.5 Å². The summed E-state index contributed by atoms with van der Waals surface area (Å²) < 4.78 is 4.91. The zero-order valence-electron chi connectivity index (χ0n) is 18.9. The van der Waals surface area contributed by atoms with Gasteiger partial charge in [-0.2, -0.15) is 10.2 Å². The standard InChI is InChI=1S/C25H22N8O/c1-15-5-3-4-6-20(15)33-21(29-19-13-28-31(2)23(19)25(33)34)14-32-24-22(17(26)11-12-27-24)18(30-32)10-9-16-7-8-16/h3-6,11-13,16H,7-8,14H2,1-2H3,(H2,26,27). The molecule has 4 aromatic heterocycles. The first-order valence-corrected chi connectivity index (χ1v) is 11.1. The first-order valence-electron chi connectivity index (χ1n) is 11.1. The van der Waals surface area contributed by atoms with E-state index in [2.05, 4.69) is 21.9 Å². The number of hydrogen-bond acceptors (Lipinski definition) is 6. The number of aryl methyl sites for hydroxylation is 2. The Kier molecular flexibility index (Phi) is 4.48. The lowest BCUT2D eigenvalue weighted by Gasteiger charge is -2.15. The highest BCUT2D eigenvalue weighted by atomic mass is 16.1. The monoisotopic (exact) mass is 450 g/mol. The third-order valence-electron chi connectivity index (χ3n) is 6.12. The second-order valence-electron chi connectivity index (χ2n) is 8.61. The normalized spacial score (nSPS) is 13.4. The summed E-state index contributed by atoms with van der Waals surface area (Å²) in [4.78, 5) is 23.0. The van der Waals surface area contributed by atoms with Crippen molar-refractivity contribution < 1.29 is 0 Å². The molecule has 34 heavy (non-hydrogen) atoms. The van der Waals surface area contributed by atoms with Crippen LogP contribution in [0, 0.1) is 24.7 Å². The van der Waals surface area contributed by atoms with E-state index in [0.717, 1.165) is 29.5 Å². The zero-order valence-corrected chi connectivity index (χ0v) is 18.9. The van der Waals surface area contributed by atoms with Crippen LogP contribution in [-0.2, 0) is 13.6 Å². The predicted octanol–water partition coefficient (Wildman–Crippen LogP) is 2.56. The largest absolute Gasteiger partial charge is 0.398 e. The maximum Gasteiger partial charge on any atom is 0.284 e. The third-order valence-corrected chi connectivity index (χ3v) is 6.12. The van der Waals surface area contributed by atoms with Crippen molar-refractivity contribution in [2.45, 2.75) is 26.3 Å². The van der Waals surface area contributed by atoms with Crippen LogP contribution in [0.15, 0.2) is 47.5 Å². The lowest BCUT2D eigenvalue weighted by Crippen LogP contribution is -2.27. The van der Waals surface area contributed by atoms with Gasteiger partial charge in [0.15, 0.2) is 11.2 Å². The van der Waals surface area contributed by atoms with Crippen molar-refractivity contribution in [3.05, 3.63) is 70.2 Å². The van der Waals surface area contributed by atoms with E-state index in [0.29, 0.717) is 39.8 Å². The molecule has 168 valence electrons. The van der Waals surface area contributed by atoms with Gasteiger partial charge in [0.1, 0.15) is 23.6 Å². The van der Waals surface area contributed by atoms with Crippen molar-refractivity contribution >= 4 is 27.8 Å². The quantitative estimate of drug-likeness (QED) is 0.423. The van der Waals surface area contributed by atoms with Gasteiger partial charge in [0.05, 0.1) is 17.3 Å². The van der Waals surface area contributed by atoms with Gasteiger partial charge < -0.3 is 5.73 Å². The van der Waals surface area contributed by atoms with Crippen LogP contribution in [0.4, 0.5) is 5.69 Å². The van der Waals surface area contributed by atoms with Gasteiger partial charge in [-0.15, -0.1) is 0 Å². The molecule has 0 atom stereocenters. The Balaban J connectivity index is 1.58. The van der Waals surface area contributed by atoms with Crippen LogP contribution in [0.25, 0.3) is 27.8 Å². The molecule has 0 amide bonds. The molecule has 5 aromatic rings. The second kappa shape index (κ2) is 7.56. The zero-order chi connectivity index (χ0) is 23.4. The summed E-state index contributed by atoms with van der Waals surface area (Å²) in [6.07, 6.45) is 5.50.